The lowest BCUT2D eigenvalue weighted by Crippen LogP contribution is -2.25. The molecular formula is C18H17FN2O4S2. The predicted molar refractivity (Wildman–Crippen MR) is 104 cm³/mol. The van der Waals surface area contributed by atoms with E-state index in [4.69, 9.17) is 4.74 Å². The normalized spacial score (nSPS) is 11.1. The molecule has 0 aliphatic heterocycles. The summed E-state index contributed by atoms with van der Waals surface area (Å²) in [6, 6.07) is 5.98. The smallest absolute Gasteiger partial charge is 0.316 e. The van der Waals surface area contributed by atoms with E-state index in [1.165, 1.54) is 35.1 Å². The third-order valence-corrected chi connectivity index (χ3v) is 5.70. The Kier molecular flexibility index (Phi) is 6.25. The van der Waals surface area contributed by atoms with E-state index in [2.05, 4.69) is 9.72 Å². The largest absolute Gasteiger partial charge is 0.468 e. The third kappa shape index (κ3) is 4.20. The van der Waals surface area contributed by atoms with Gasteiger partial charge in [0.15, 0.2) is 5.16 Å². The zero-order chi connectivity index (χ0) is 19.4. The van der Waals surface area contributed by atoms with Crippen LogP contribution in [0.25, 0.3) is 21.3 Å². The number of carbonyl (C=O) groups excluding carboxylic acids is 1. The monoisotopic (exact) mass is 408 g/mol. The van der Waals surface area contributed by atoms with Gasteiger partial charge in [-0.3, -0.25) is 14.2 Å². The molecular weight excluding hydrogens is 391 g/mol. The number of methoxy groups -OCH3 is 2. The van der Waals surface area contributed by atoms with Crippen molar-refractivity contribution in [2.24, 2.45) is 0 Å². The van der Waals surface area contributed by atoms with Gasteiger partial charge in [-0.15, -0.1) is 11.3 Å². The Morgan fingerprint density at radius 1 is 1.30 bits per heavy atom. The number of hydrogen-bond acceptors (Lipinski definition) is 7. The molecule has 0 saturated heterocycles. The minimum atomic E-state index is -0.397. The van der Waals surface area contributed by atoms with Crippen LogP contribution in [0.5, 0.6) is 0 Å². The van der Waals surface area contributed by atoms with E-state index in [1.807, 2.05) is 5.38 Å². The predicted octanol–water partition coefficient (Wildman–Crippen LogP) is 3.18. The molecule has 3 rings (SSSR count). The molecule has 0 N–H and O–H groups in total. The van der Waals surface area contributed by atoms with Crippen LogP contribution in [0.4, 0.5) is 4.39 Å². The van der Waals surface area contributed by atoms with E-state index < -0.39 is 5.97 Å². The van der Waals surface area contributed by atoms with Gasteiger partial charge in [-0.1, -0.05) is 23.9 Å². The number of benzene rings is 1. The van der Waals surface area contributed by atoms with E-state index in [0.29, 0.717) is 34.1 Å². The van der Waals surface area contributed by atoms with E-state index in [-0.39, 0.29) is 17.1 Å². The molecule has 27 heavy (non-hydrogen) atoms. The quantitative estimate of drug-likeness (QED) is 0.340. The number of thioether (sulfide) groups is 1. The molecule has 0 aliphatic carbocycles. The molecule has 0 atom stereocenters. The van der Waals surface area contributed by atoms with Crippen molar-refractivity contribution >= 4 is 39.3 Å². The molecule has 6 nitrogen and oxygen atoms in total. The summed E-state index contributed by atoms with van der Waals surface area (Å²) in [5, 5.41) is 2.74. The van der Waals surface area contributed by atoms with Crippen LogP contribution in [0.15, 0.2) is 39.6 Å². The number of hydrogen-bond donors (Lipinski definition) is 0. The molecule has 142 valence electrons. The molecule has 0 saturated carbocycles. The summed E-state index contributed by atoms with van der Waals surface area (Å²) >= 11 is 2.48. The lowest BCUT2D eigenvalue weighted by molar-refractivity contribution is -0.137. The van der Waals surface area contributed by atoms with Gasteiger partial charge in [0, 0.05) is 18.1 Å². The standard InChI is InChI=1S/C18H17FN2O4S2/c1-24-8-7-21-17(23)15-13(11-3-5-12(19)6-4-11)9-26-16(15)20-18(21)27-10-14(22)25-2/h3-6,9H,7-8,10H2,1-2H3. The lowest BCUT2D eigenvalue weighted by Gasteiger charge is -2.11. The SMILES string of the molecule is COCCn1c(SCC(=O)OC)nc2scc(-c3ccc(F)cc3)c2c1=O. The molecule has 2 aromatic heterocycles. The van der Waals surface area contributed by atoms with Gasteiger partial charge in [0.2, 0.25) is 0 Å². The van der Waals surface area contributed by atoms with Crippen molar-refractivity contribution in [1.82, 2.24) is 9.55 Å². The number of rotatable bonds is 7. The number of aromatic nitrogens is 2. The van der Waals surface area contributed by atoms with Gasteiger partial charge < -0.3 is 9.47 Å². The van der Waals surface area contributed by atoms with Gasteiger partial charge in [0.05, 0.1) is 31.4 Å². The zero-order valence-corrected chi connectivity index (χ0v) is 16.4. The van der Waals surface area contributed by atoms with Crippen LogP contribution in [-0.2, 0) is 20.8 Å². The first-order chi connectivity index (χ1) is 13.0. The Morgan fingerprint density at radius 2 is 2.04 bits per heavy atom. The van der Waals surface area contributed by atoms with Crippen LogP contribution in [-0.4, -0.2) is 42.1 Å². The Bertz CT molecular complexity index is 1010. The fourth-order valence-corrected chi connectivity index (χ4v) is 4.37. The van der Waals surface area contributed by atoms with Crippen molar-refractivity contribution in [3.05, 3.63) is 45.8 Å². The highest BCUT2D eigenvalue weighted by atomic mass is 32.2. The minimum absolute atomic E-state index is 0.0532. The minimum Gasteiger partial charge on any atom is -0.468 e. The maximum atomic E-state index is 13.2. The number of nitrogens with zero attached hydrogens (tertiary/aromatic N) is 2. The van der Waals surface area contributed by atoms with Crippen LogP contribution >= 0.6 is 23.1 Å². The van der Waals surface area contributed by atoms with Gasteiger partial charge in [-0.2, -0.15) is 0 Å². The third-order valence-electron chi connectivity index (χ3n) is 3.88. The Labute approximate surface area is 162 Å². The maximum Gasteiger partial charge on any atom is 0.316 e. The number of fused-ring (bicyclic) bond motifs is 1. The van der Waals surface area contributed by atoms with Crippen LogP contribution in [0.2, 0.25) is 0 Å². The molecule has 0 radical (unpaired) electrons. The van der Waals surface area contributed by atoms with Gasteiger partial charge in [0.25, 0.3) is 5.56 Å². The molecule has 0 fully saturated rings. The number of esters is 1. The van der Waals surface area contributed by atoms with E-state index in [1.54, 1.807) is 19.2 Å². The molecule has 3 aromatic rings. The maximum absolute atomic E-state index is 13.2. The van der Waals surface area contributed by atoms with Crippen LogP contribution in [0.1, 0.15) is 0 Å². The zero-order valence-electron chi connectivity index (χ0n) is 14.7. The summed E-state index contributed by atoms with van der Waals surface area (Å²) in [5.74, 6) is -0.682. The molecule has 9 heteroatoms. The average Bonchev–Trinajstić information content (AvgIpc) is 3.10. The highest BCUT2D eigenvalue weighted by Crippen LogP contribution is 2.32. The fourth-order valence-electron chi connectivity index (χ4n) is 2.52. The number of halogens is 1. The van der Waals surface area contributed by atoms with Crippen LogP contribution in [0.3, 0.4) is 0 Å². The van der Waals surface area contributed by atoms with Gasteiger partial charge >= 0.3 is 5.97 Å². The van der Waals surface area contributed by atoms with Crippen molar-refractivity contribution < 1.29 is 18.7 Å². The molecule has 0 spiro atoms. The Hall–Kier alpha value is -2.23. The number of ether oxygens (including phenoxy) is 2. The molecule has 1 aromatic carbocycles. The van der Waals surface area contributed by atoms with Crippen LogP contribution in [0, 0.1) is 5.82 Å². The van der Waals surface area contributed by atoms with Crippen molar-refractivity contribution in [3.63, 3.8) is 0 Å². The highest BCUT2D eigenvalue weighted by molar-refractivity contribution is 7.99. The first kappa shape index (κ1) is 19.5. The Balaban J connectivity index is 2.11. The molecule has 0 aliphatic rings. The molecule has 0 unspecified atom stereocenters. The first-order valence-corrected chi connectivity index (χ1v) is 9.88. The molecule has 0 bridgehead atoms. The van der Waals surface area contributed by atoms with Crippen LogP contribution < -0.4 is 5.56 Å². The van der Waals surface area contributed by atoms with Crippen molar-refractivity contribution in [1.29, 1.82) is 0 Å². The van der Waals surface area contributed by atoms with Gasteiger partial charge in [0.1, 0.15) is 10.6 Å². The van der Waals surface area contributed by atoms with E-state index >= 15 is 0 Å². The molecule has 0 amide bonds. The van der Waals surface area contributed by atoms with Gasteiger partial charge in [-0.25, -0.2) is 9.37 Å². The Morgan fingerprint density at radius 3 is 2.70 bits per heavy atom. The average molecular weight is 408 g/mol. The topological polar surface area (TPSA) is 70.4 Å². The van der Waals surface area contributed by atoms with Crippen molar-refractivity contribution in [2.45, 2.75) is 11.7 Å². The van der Waals surface area contributed by atoms with E-state index in [9.17, 15) is 14.0 Å². The summed E-state index contributed by atoms with van der Waals surface area (Å²) in [5.41, 5.74) is 1.24. The van der Waals surface area contributed by atoms with Gasteiger partial charge in [-0.05, 0) is 17.7 Å². The highest BCUT2D eigenvalue weighted by Gasteiger charge is 2.18. The number of thiophene rings is 1. The second-order valence-corrected chi connectivity index (χ2v) is 7.35. The fraction of sp³-hybridized carbons (Fsp3) is 0.278. The second kappa shape index (κ2) is 8.64. The van der Waals surface area contributed by atoms with E-state index in [0.717, 1.165) is 17.3 Å². The summed E-state index contributed by atoms with van der Waals surface area (Å²) in [4.78, 5) is 29.8. The lowest BCUT2D eigenvalue weighted by atomic mass is 10.1. The summed E-state index contributed by atoms with van der Waals surface area (Å²) in [6.45, 7) is 0.634. The second-order valence-electron chi connectivity index (χ2n) is 5.55. The summed E-state index contributed by atoms with van der Waals surface area (Å²) in [6.07, 6.45) is 0. The summed E-state index contributed by atoms with van der Waals surface area (Å²) < 4.78 is 24.5. The molecule has 2 heterocycles. The van der Waals surface area contributed by atoms with Crippen molar-refractivity contribution in [2.75, 3.05) is 26.6 Å². The summed E-state index contributed by atoms with van der Waals surface area (Å²) in [7, 11) is 2.86. The number of carbonyl (C=O) groups is 1. The van der Waals surface area contributed by atoms with Crippen molar-refractivity contribution in [3.8, 4) is 11.1 Å². The first-order valence-electron chi connectivity index (χ1n) is 8.01.